The average molecular weight is 417 g/mol. The van der Waals surface area contributed by atoms with E-state index >= 15 is 0 Å². The van der Waals surface area contributed by atoms with Crippen molar-refractivity contribution >= 4 is 28.6 Å². The van der Waals surface area contributed by atoms with Gasteiger partial charge in [-0.05, 0) is 63.7 Å². The first kappa shape index (κ1) is 17.1. The predicted octanol–water partition coefficient (Wildman–Crippen LogP) is 7.74. The molecule has 0 aliphatic heterocycles. The maximum atomic E-state index is 4.67. The van der Waals surface area contributed by atoms with Crippen molar-refractivity contribution in [1.82, 2.24) is 0 Å². The van der Waals surface area contributed by atoms with Crippen LogP contribution in [0, 0.1) is 0 Å². The summed E-state index contributed by atoms with van der Waals surface area (Å²) in [6, 6.07) is 33.9. The van der Waals surface area contributed by atoms with Crippen LogP contribution in [0.1, 0.15) is 0 Å². The highest BCUT2D eigenvalue weighted by atomic mass is 79.9. The topological polar surface area (TPSA) is 0 Å². The first-order valence-corrected chi connectivity index (χ1v) is 9.69. The van der Waals surface area contributed by atoms with E-state index in [1.54, 1.807) is 0 Å². The minimum atomic E-state index is 0.978. The van der Waals surface area contributed by atoms with Gasteiger partial charge < -0.3 is 0 Å². The molecule has 0 radical (unpaired) electrons. The van der Waals surface area contributed by atoms with Gasteiger partial charge in [-0.1, -0.05) is 82.7 Å². The van der Waals surface area contributed by atoms with E-state index in [-0.39, 0.29) is 0 Å². The highest BCUT2D eigenvalue weighted by Gasteiger charge is 2.07. The summed E-state index contributed by atoms with van der Waals surface area (Å²) in [5, 5.41) is 0. The smallest absolute Gasteiger partial charge is 0.0181 e. The van der Waals surface area contributed by atoms with Crippen molar-refractivity contribution in [2.24, 2.45) is 0 Å². The molecule has 2 heteroatoms. The minimum absolute atomic E-state index is 0.978. The molecule has 126 valence electrons. The number of thiol groups is 1. The van der Waals surface area contributed by atoms with Crippen molar-refractivity contribution in [3.05, 3.63) is 102 Å². The van der Waals surface area contributed by atoms with Crippen LogP contribution in [-0.4, -0.2) is 0 Å². The molecule has 4 aromatic rings. The van der Waals surface area contributed by atoms with Crippen molar-refractivity contribution in [1.29, 1.82) is 0 Å². The third-order valence-electron chi connectivity index (χ3n) is 4.44. The van der Waals surface area contributed by atoms with E-state index in [9.17, 15) is 0 Å². The molecule has 0 aromatic heterocycles. The number of benzene rings is 4. The predicted molar refractivity (Wildman–Crippen MR) is 118 cm³/mol. The van der Waals surface area contributed by atoms with Gasteiger partial charge in [-0.15, -0.1) is 12.6 Å². The van der Waals surface area contributed by atoms with Crippen LogP contribution in [0.2, 0.25) is 0 Å². The van der Waals surface area contributed by atoms with E-state index in [0.717, 1.165) is 20.5 Å². The monoisotopic (exact) mass is 416 g/mol. The van der Waals surface area contributed by atoms with Crippen LogP contribution < -0.4 is 0 Å². The second-order valence-corrected chi connectivity index (χ2v) is 7.59. The molecule has 0 N–H and O–H groups in total. The molecule has 0 saturated heterocycles. The zero-order valence-corrected chi connectivity index (χ0v) is 16.5. The summed E-state index contributed by atoms with van der Waals surface area (Å²) in [6.07, 6.45) is 0. The molecule has 0 spiro atoms. The van der Waals surface area contributed by atoms with Crippen LogP contribution in [0.5, 0.6) is 0 Å². The molecule has 0 unspecified atom stereocenters. The highest BCUT2D eigenvalue weighted by Crippen LogP contribution is 2.34. The Kier molecular flexibility index (Phi) is 4.96. The Balaban J connectivity index is 1.79. The van der Waals surface area contributed by atoms with Crippen LogP contribution in [-0.2, 0) is 0 Å². The third-order valence-corrected chi connectivity index (χ3v) is 5.32. The van der Waals surface area contributed by atoms with E-state index in [1.165, 1.54) is 22.3 Å². The first-order valence-electron chi connectivity index (χ1n) is 8.45. The van der Waals surface area contributed by atoms with E-state index in [0.29, 0.717) is 0 Å². The van der Waals surface area contributed by atoms with E-state index in [4.69, 9.17) is 0 Å². The lowest BCUT2D eigenvalue weighted by Gasteiger charge is -2.11. The molecule has 0 aliphatic carbocycles. The molecule has 0 atom stereocenters. The van der Waals surface area contributed by atoms with Gasteiger partial charge in [0, 0.05) is 9.37 Å². The normalized spacial score (nSPS) is 10.7. The lowest BCUT2D eigenvalue weighted by molar-refractivity contribution is 1.44. The minimum Gasteiger partial charge on any atom is -0.143 e. The highest BCUT2D eigenvalue weighted by molar-refractivity contribution is 9.10. The van der Waals surface area contributed by atoms with Gasteiger partial charge in [-0.25, -0.2) is 0 Å². The van der Waals surface area contributed by atoms with Gasteiger partial charge in [-0.3, -0.25) is 0 Å². The fourth-order valence-electron chi connectivity index (χ4n) is 3.11. The summed E-state index contributed by atoms with van der Waals surface area (Å²) in [5.74, 6) is 0. The third kappa shape index (κ3) is 3.62. The quantitative estimate of drug-likeness (QED) is 0.324. The molecule has 0 nitrogen and oxygen atoms in total. The molecule has 4 aromatic carbocycles. The summed E-state index contributed by atoms with van der Waals surface area (Å²) in [5.41, 5.74) is 7.14. The van der Waals surface area contributed by atoms with E-state index in [2.05, 4.69) is 113 Å². The van der Waals surface area contributed by atoms with Crippen LogP contribution in [0.15, 0.2) is 106 Å². The lowest BCUT2D eigenvalue weighted by atomic mass is 9.96. The number of halogens is 1. The molecule has 0 heterocycles. The van der Waals surface area contributed by atoms with Crippen LogP contribution in [0.3, 0.4) is 0 Å². The standard InChI is InChI=1S/C24H17BrS/c25-22-11-5-10-21(15-22)23-16-20(12-13-24(23)26)19-9-4-8-18(14-19)17-6-2-1-3-7-17/h1-16,26H. The van der Waals surface area contributed by atoms with Gasteiger partial charge in [0.05, 0.1) is 0 Å². The van der Waals surface area contributed by atoms with Crippen LogP contribution >= 0.6 is 28.6 Å². The second kappa shape index (κ2) is 7.53. The van der Waals surface area contributed by atoms with Crippen molar-refractivity contribution < 1.29 is 0 Å². The van der Waals surface area contributed by atoms with Crippen molar-refractivity contribution in [2.45, 2.75) is 4.90 Å². The molecule has 4 rings (SSSR count). The summed E-state index contributed by atoms with van der Waals surface area (Å²) in [4.78, 5) is 0.978. The Morgan fingerprint density at radius 1 is 0.500 bits per heavy atom. The van der Waals surface area contributed by atoms with Crippen molar-refractivity contribution in [3.8, 4) is 33.4 Å². The van der Waals surface area contributed by atoms with E-state index in [1.807, 2.05) is 12.1 Å². The van der Waals surface area contributed by atoms with Gasteiger partial charge in [0.15, 0.2) is 0 Å². The van der Waals surface area contributed by atoms with Gasteiger partial charge in [-0.2, -0.15) is 0 Å². The molecule has 26 heavy (non-hydrogen) atoms. The van der Waals surface area contributed by atoms with Gasteiger partial charge in [0.1, 0.15) is 0 Å². The molecule has 0 aliphatic rings. The van der Waals surface area contributed by atoms with Crippen molar-refractivity contribution in [2.75, 3.05) is 0 Å². The summed E-state index contributed by atoms with van der Waals surface area (Å²) in [7, 11) is 0. The Morgan fingerprint density at radius 2 is 1.12 bits per heavy atom. The molecule has 0 bridgehead atoms. The fourth-order valence-corrected chi connectivity index (χ4v) is 3.78. The summed E-state index contributed by atoms with van der Waals surface area (Å²) in [6.45, 7) is 0. The summed E-state index contributed by atoms with van der Waals surface area (Å²) < 4.78 is 1.07. The molecule has 0 amide bonds. The largest absolute Gasteiger partial charge is 0.143 e. The zero-order chi connectivity index (χ0) is 17.9. The van der Waals surface area contributed by atoms with Gasteiger partial charge in [0.2, 0.25) is 0 Å². The fraction of sp³-hybridized carbons (Fsp3) is 0. The lowest BCUT2D eigenvalue weighted by Crippen LogP contribution is -1.85. The average Bonchev–Trinajstić information content (AvgIpc) is 2.69. The molecular weight excluding hydrogens is 400 g/mol. The second-order valence-electron chi connectivity index (χ2n) is 6.19. The Bertz CT molecular complexity index is 1050. The molecule has 0 saturated carbocycles. The van der Waals surface area contributed by atoms with Crippen LogP contribution in [0.4, 0.5) is 0 Å². The van der Waals surface area contributed by atoms with Gasteiger partial charge in [0.25, 0.3) is 0 Å². The first-order chi connectivity index (χ1) is 12.7. The SMILES string of the molecule is Sc1ccc(-c2cccc(-c3ccccc3)c2)cc1-c1cccc(Br)c1. The number of hydrogen-bond donors (Lipinski definition) is 1. The maximum Gasteiger partial charge on any atom is 0.0181 e. The zero-order valence-electron chi connectivity index (χ0n) is 14.1. The summed E-state index contributed by atoms with van der Waals surface area (Å²) >= 11 is 8.22. The van der Waals surface area contributed by atoms with Gasteiger partial charge >= 0.3 is 0 Å². The van der Waals surface area contributed by atoms with E-state index < -0.39 is 0 Å². The van der Waals surface area contributed by atoms with Crippen molar-refractivity contribution in [3.63, 3.8) is 0 Å². The molecule has 0 fully saturated rings. The Labute approximate surface area is 168 Å². The molecular formula is C24H17BrS. The number of rotatable bonds is 3. The number of hydrogen-bond acceptors (Lipinski definition) is 1. The Morgan fingerprint density at radius 3 is 1.88 bits per heavy atom. The van der Waals surface area contributed by atoms with Crippen LogP contribution in [0.25, 0.3) is 33.4 Å². The maximum absolute atomic E-state index is 4.67. The Hall–Kier alpha value is -2.29.